The van der Waals surface area contributed by atoms with E-state index in [2.05, 4.69) is 0 Å². The number of carbonyl (C=O) groups is 1. The Morgan fingerprint density at radius 3 is 2.82 bits per heavy atom. The molecule has 2 nitrogen and oxygen atoms in total. The first-order valence-corrected chi connectivity index (χ1v) is 6.15. The van der Waals surface area contributed by atoms with E-state index in [1.54, 1.807) is 0 Å². The standard InChI is InChI=1S/C13H16ClNO.ClH/c1-15-9-10(6-7-14)8-11-4-2-3-5-12(11)13(15)16;/h2-5,10H,6-9H2,1H3;1H. The number of halogens is 2. The number of alkyl halides is 1. The van der Waals surface area contributed by atoms with Gasteiger partial charge in [-0.25, -0.2) is 0 Å². The van der Waals surface area contributed by atoms with E-state index in [9.17, 15) is 4.79 Å². The van der Waals surface area contributed by atoms with Crippen molar-refractivity contribution in [2.45, 2.75) is 12.8 Å². The highest BCUT2D eigenvalue weighted by Gasteiger charge is 2.24. The van der Waals surface area contributed by atoms with Crippen molar-refractivity contribution in [2.75, 3.05) is 19.5 Å². The lowest BCUT2D eigenvalue weighted by molar-refractivity contribution is 0.0782. The number of carbonyl (C=O) groups excluding carboxylic acids is 1. The summed E-state index contributed by atoms with van der Waals surface area (Å²) in [6, 6.07) is 7.88. The normalized spacial score (nSPS) is 19.3. The molecule has 1 atom stereocenters. The van der Waals surface area contributed by atoms with Crippen LogP contribution in [0.15, 0.2) is 24.3 Å². The number of nitrogens with zero attached hydrogens (tertiary/aromatic N) is 1. The van der Waals surface area contributed by atoms with Gasteiger partial charge >= 0.3 is 0 Å². The molecule has 1 aliphatic rings. The maximum absolute atomic E-state index is 12.1. The lowest BCUT2D eigenvalue weighted by atomic mass is 9.95. The second-order valence-corrected chi connectivity index (χ2v) is 4.77. The zero-order chi connectivity index (χ0) is 11.5. The molecule has 0 aromatic heterocycles. The van der Waals surface area contributed by atoms with Gasteiger partial charge in [-0.3, -0.25) is 4.79 Å². The predicted octanol–water partition coefficient (Wildman–Crippen LogP) is 2.98. The molecule has 1 aliphatic heterocycles. The molecule has 0 saturated carbocycles. The number of amides is 1. The largest absolute Gasteiger partial charge is 0.341 e. The van der Waals surface area contributed by atoms with Crippen LogP contribution in [-0.2, 0) is 6.42 Å². The molecule has 0 fully saturated rings. The fourth-order valence-corrected chi connectivity index (χ4v) is 2.61. The van der Waals surface area contributed by atoms with Crippen molar-refractivity contribution in [3.63, 3.8) is 0 Å². The van der Waals surface area contributed by atoms with Crippen LogP contribution in [0.2, 0.25) is 0 Å². The Labute approximate surface area is 113 Å². The second kappa shape index (κ2) is 6.27. The monoisotopic (exact) mass is 273 g/mol. The van der Waals surface area contributed by atoms with Crippen LogP contribution in [0, 0.1) is 5.92 Å². The molecule has 0 aliphatic carbocycles. The first-order chi connectivity index (χ1) is 7.72. The Kier molecular flexibility index (Phi) is 5.29. The molecule has 0 radical (unpaired) electrons. The molecule has 2 rings (SSSR count). The average molecular weight is 274 g/mol. The molecule has 1 aromatic rings. The minimum Gasteiger partial charge on any atom is -0.341 e. The summed E-state index contributed by atoms with van der Waals surface area (Å²) in [5.41, 5.74) is 2.01. The molecule has 0 spiro atoms. The predicted molar refractivity (Wildman–Crippen MR) is 73.2 cm³/mol. The highest BCUT2D eigenvalue weighted by Crippen LogP contribution is 2.23. The quantitative estimate of drug-likeness (QED) is 0.759. The van der Waals surface area contributed by atoms with Crippen molar-refractivity contribution >= 4 is 29.9 Å². The van der Waals surface area contributed by atoms with E-state index in [4.69, 9.17) is 11.6 Å². The van der Waals surface area contributed by atoms with Gasteiger partial charge in [-0.2, -0.15) is 0 Å². The van der Waals surface area contributed by atoms with Gasteiger partial charge in [-0.05, 0) is 30.4 Å². The van der Waals surface area contributed by atoms with Crippen molar-refractivity contribution in [1.82, 2.24) is 4.90 Å². The molecule has 94 valence electrons. The Morgan fingerprint density at radius 1 is 1.41 bits per heavy atom. The van der Waals surface area contributed by atoms with Gasteiger partial charge in [-0.15, -0.1) is 24.0 Å². The molecule has 1 aromatic carbocycles. The molecule has 4 heteroatoms. The van der Waals surface area contributed by atoms with E-state index in [0.29, 0.717) is 11.8 Å². The summed E-state index contributed by atoms with van der Waals surface area (Å²) in [5, 5.41) is 0. The van der Waals surface area contributed by atoms with Crippen molar-refractivity contribution < 1.29 is 4.79 Å². The molecule has 0 bridgehead atoms. The summed E-state index contributed by atoms with van der Waals surface area (Å²) in [4.78, 5) is 13.9. The van der Waals surface area contributed by atoms with Gasteiger partial charge in [0.1, 0.15) is 0 Å². The molecular weight excluding hydrogens is 257 g/mol. The van der Waals surface area contributed by atoms with Gasteiger partial charge in [0.25, 0.3) is 5.91 Å². The summed E-state index contributed by atoms with van der Waals surface area (Å²) >= 11 is 5.80. The Morgan fingerprint density at radius 2 is 2.12 bits per heavy atom. The van der Waals surface area contributed by atoms with E-state index < -0.39 is 0 Å². The third-order valence-corrected chi connectivity index (χ3v) is 3.37. The van der Waals surface area contributed by atoms with Crippen LogP contribution in [0.1, 0.15) is 22.3 Å². The van der Waals surface area contributed by atoms with Gasteiger partial charge < -0.3 is 4.90 Å². The SMILES string of the molecule is CN1CC(CCCl)Cc2ccccc2C1=O.Cl. The molecule has 1 heterocycles. The first-order valence-electron chi connectivity index (χ1n) is 5.61. The number of hydrogen-bond donors (Lipinski definition) is 0. The van der Waals surface area contributed by atoms with Crippen LogP contribution in [0.3, 0.4) is 0 Å². The summed E-state index contributed by atoms with van der Waals surface area (Å²) in [6.07, 6.45) is 1.92. The summed E-state index contributed by atoms with van der Waals surface area (Å²) in [7, 11) is 1.87. The van der Waals surface area contributed by atoms with Crippen LogP contribution < -0.4 is 0 Å². The molecule has 1 unspecified atom stereocenters. The van der Waals surface area contributed by atoms with Gasteiger partial charge in [-0.1, -0.05) is 18.2 Å². The molecular formula is C13H17Cl2NO. The average Bonchev–Trinajstić information content (AvgIpc) is 2.39. The summed E-state index contributed by atoms with van der Waals surface area (Å²) in [5.74, 6) is 1.28. The lowest BCUT2D eigenvalue weighted by Gasteiger charge is -2.19. The van der Waals surface area contributed by atoms with Crippen molar-refractivity contribution in [1.29, 1.82) is 0 Å². The fourth-order valence-electron chi connectivity index (χ4n) is 2.31. The zero-order valence-electron chi connectivity index (χ0n) is 9.86. The highest BCUT2D eigenvalue weighted by atomic mass is 35.5. The minimum absolute atomic E-state index is 0. The summed E-state index contributed by atoms with van der Waals surface area (Å²) < 4.78 is 0. The van der Waals surface area contributed by atoms with Crippen LogP contribution in [0.5, 0.6) is 0 Å². The Bertz CT molecular complexity index is 395. The van der Waals surface area contributed by atoms with E-state index >= 15 is 0 Å². The maximum atomic E-state index is 12.1. The third-order valence-electron chi connectivity index (χ3n) is 3.15. The number of rotatable bonds is 2. The summed E-state index contributed by atoms with van der Waals surface area (Å²) in [6.45, 7) is 0.806. The lowest BCUT2D eigenvalue weighted by Crippen LogP contribution is -2.29. The third kappa shape index (κ3) is 3.14. The van der Waals surface area contributed by atoms with E-state index in [1.165, 1.54) is 0 Å². The minimum atomic E-state index is 0. The van der Waals surface area contributed by atoms with Crippen LogP contribution in [0.25, 0.3) is 0 Å². The van der Waals surface area contributed by atoms with E-state index in [0.717, 1.165) is 30.5 Å². The molecule has 1 amide bonds. The molecule has 0 N–H and O–H groups in total. The number of hydrogen-bond acceptors (Lipinski definition) is 1. The number of benzene rings is 1. The van der Waals surface area contributed by atoms with Gasteiger partial charge in [0, 0.05) is 25.0 Å². The number of fused-ring (bicyclic) bond motifs is 1. The van der Waals surface area contributed by atoms with Gasteiger partial charge in [0.15, 0.2) is 0 Å². The van der Waals surface area contributed by atoms with E-state index in [1.807, 2.05) is 36.2 Å². The first kappa shape index (κ1) is 14.3. The highest BCUT2D eigenvalue weighted by molar-refractivity contribution is 6.17. The second-order valence-electron chi connectivity index (χ2n) is 4.39. The molecule has 17 heavy (non-hydrogen) atoms. The van der Waals surface area contributed by atoms with Crippen LogP contribution >= 0.6 is 24.0 Å². The topological polar surface area (TPSA) is 20.3 Å². The molecule has 0 saturated heterocycles. The maximum Gasteiger partial charge on any atom is 0.253 e. The Balaban J connectivity index is 0.00000144. The van der Waals surface area contributed by atoms with Gasteiger partial charge in [0.2, 0.25) is 0 Å². The van der Waals surface area contributed by atoms with Crippen LogP contribution in [-0.4, -0.2) is 30.3 Å². The fraction of sp³-hybridized carbons (Fsp3) is 0.462. The van der Waals surface area contributed by atoms with Crippen molar-refractivity contribution in [3.05, 3.63) is 35.4 Å². The van der Waals surface area contributed by atoms with E-state index in [-0.39, 0.29) is 18.3 Å². The smallest absolute Gasteiger partial charge is 0.253 e. The zero-order valence-corrected chi connectivity index (χ0v) is 11.4. The van der Waals surface area contributed by atoms with Crippen molar-refractivity contribution in [3.8, 4) is 0 Å². The Hall–Kier alpha value is -0.730. The van der Waals surface area contributed by atoms with Crippen molar-refractivity contribution in [2.24, 2.45) is 5.92 Å². The van der Waals surface area contributed by atoms with Crippen LogP contribution in [0.4, 0.5) is 0 Å². The van der Waals surface area contributed by atoms with Gasteiger partial charge in [0.05, 0.1) is 0 Å².